The van der Waals surface area contributed by atoms with Gasteiger partial charge in [0, 0.05) is 18.8 Å². The van der Waals surface area contributed by atoms with Crippen molar-refractivity contribution in [3.8, 4) is 5.75 Å². The van der Waals surface area contributed by atoms with Crippen LogP contribution in [0.4, 0.5) is 0 Å². The third-order valence-corrected chi connectivity index (χ3v) is 2.91. The molecule has 0 aliphatic carbocycles. The summed E-state index contributed by atoms with van der Waals surface area (Å²) < 4.78 is 5.23. The van der Waals surface area contributed by atoms with Gasteiger partial charge in [-0.05, 0) is 35.4 Å². The fraction of sp³-hybridized carbons (Fsp3) is 0.133. The molecule has 1 aromatic carbocycles. The van der Waals surface area contributed by atoms with Crippen LogP contribution in [-0.2, 0) is 12.8 Å². The van der Waals surface area contributed by atoms with Crippen molar-refractivity contribution in [1.29, 1.82) is 0 Å². The van der Waals surface area contributed by atoms with Gasteiger partial charge in [0.25, 0.3) is 0 Å². The molecular weight excluding hydrogens is 254 g/mol. The molecule has 5 nitrogen and oxygen atoms in total. The summed E-state index contributed by atoms with van der Waals surface area (Å²) in [4.78, 5) is 8.33. The monoisotopic (exact) mass is 267 g/mol. The first-order valence-electron chi connectivity index (χ1n) is 6.28. The van der Waals surface area contributed by atoms with Gasteiger partial charge >= 0.3 is 0 Å². The van der Waals surface area contributed by atoms with Crippen LogP contribution in [-0.4, -0.2) is 20.2 Å². The van der Waals surface area contributed by atoms with Crippen molar-refractivity contribution in [2.75, 3.05) is 0 Å². The number of hydrogen-bond acceptors (Lipinski definition) is 5. The van der Waals surface area contributed by atoms with Gasteiger partial charge in [-0.3, -0.25) is 4.98 Å². The number of rotatable bonds is 4. The summed E-state index contributed by atoms with van der Waals surface area (Å²) in [6, 6.07) is 10.8. The molecule has 0 unspecified atom stereocenters. The minimum Gasteiger partial charge on any atom is -0.508 e. The highest BCUT2D eigenvalue weighted by Crippen LogP contribution is 2.13. The maximum atomic E-state index is 9.23. The Hall–Kier alpha value is -2.69. The molecule has 0 fully saturated rings. The third-order valence-electron chi connectivity index (χ3n) is 2.91. The Labute approximate surface area is 115 Å². The van der Waals surface area contributed by atoms with Gasteiger partial charge in [0.1, 0.15) is 5.75 Å². The minimum atomic E-state index is 0.248. The Balaban J connectivity index is 1.69. The van der Waals surface area contributed by atoms with Crippen molar-refractivity contribution in [2.24, 2.45) is 0 Å². The number of hydrogen-bond donors (Lipinski definition) is 1. The molecule has 0 amide bonds. The zero-order chi connectivity index (χ0) is 13.8. The van der Waals surface area contributed by atoms with E-state index < -0.39 is 0 Å². The molecular formula is C15H13N3O2. The second kappa shape index (κ2) is 5.52. The molecule has 20 heavy (non-hydrogen) atoms. The van der Waals surface area contributed by atoms with Crippen LogP contribution in [0.3, 0.4) is 0 Å². The van der Waals surface area contributed by atoms with Gasteiger partial charge in [-0.15, -0.1) is 0 Å². The Morgan fingerprint density at radius 2 is 1.60 bits per heavy atom. The van der Waals surface area contributed by atoms with Crippen molar-refractivity contribution in [3.63, 3.8) is 0 Å². The average molecular weight is 267 g/mol. The molecule has 100 valence electrons. The van der Waals surface area contributed by atoms with Gasteiger partial charge in [0.05, 0.1) is 6.42 Å². The molecule has 0 atom stereocenters. The Morgan fingerprint density at radius 3 is 2.35 bits per heavy atom. The number of phenols is 1. The van der Waals surface area contributed by atoms with E-state index in [0.29, 0.717) is 24.6 Å². The van der Waals surface area contributed by atoms with Crippen LogP contribution in [0.1, 0.15) is 22.8 Å². The van der Waals surface area contributed by atoms with Crippen LogP contribution in [0.2, 0.25) is 0 Å². The van der Waals surface area contributed by atoms with Gasteiger partial charge in [0.15, 0.2) is 5.82 Å². The summed E-state index contributed by atoms with van der Waals surface area (Å²) in [5.41, 5.74) is 2.11. The Bertz CT molecular complexity index is 678. The number of benzene rings is 1. The summed E-state index contributed by atoms with van der Waals surface area (Å²) in [7, 11) is 0. The fourth-order valence-corrected chi connectivity index (χ4v) is 1.91. The van der Waals surface area contributed by atoms with Crippen LogP contribution in [0.25, 0.3) is 0 Å². The summed E-state index contributed by atoms with van der Waals surface area (Å²) in [5.74, 6) is 1.47. The van der Waals surface area contributed by atoms with E-state index in [1.807, 2.05) is 24.3 Å². The number of phenolic OH excluding ortho intramolecular Hbond substituents is 1. The summed E-state index contributed by atoms with van der Waals surface area (Å²) in [6.45, 7) is 0. The normalized spacial score (nSPS) is 10.6. The van der Waals surface area contributed by atoms with Gasteiger partial charge in [-0.25, -0.2) is 0 Å². The number of pyridine rings is 1. The van der Waals surface area contributed by atoms with Crippen molar-refractivity contribution in [1.82, 2.24) is 15.1 Å². The largest absolute Gasteiger partial charge is 0.508 e. The topological polar surface area (TPSA) is 72.0 Å². The van der Waals surface area contributed by atoms with E-state index in [-0.39, 0.29) is 5.75 Å². The average Bonchev–Trinajstić information content (AvgIpc) is 2.90. The molecule has 2 heterocycles. The molecule has 0 saturated carbocycles. The van der Waals surface area contributed by atoms with Crippen molar-refractivity contribution in [3.05, 3.63) is 71.6 Å². The van der Waals surface area contributed by atoms with Crippen LogP contribution in [0.5, 0.6) is 5.75 Å². The van der Waals surface area contributed by atoms with E-state index in [1.54, 1.807) is 24.5 Å². The molecule has 1 N–H and O–H groups in total. The minimum absolute atomic E-state index is 0.248. The highest BCUT2D eigenvalue weighted by atomic mass is 16.5. The lowest BCUT2D eigenvalue weighted by Crippen LogP contribution is -1.92. The molecule has 0 saturated heterocycles. The lowest BCUT2D eigenvalue weighted by molar-refractivity contribution is 0.380. The quantitative estimate of drug-likeness (QED) is 0.785. The lowest BCUT2D eigenvalue weighted by Gasteiger charge is -1.96. The van der Waals surface area contributed by atoms with Crippen LogP contribution in [0.15, 0.2) is 53.3 Å². The molecule has 0 radical (unpaired) electrons. The molecule has 0 aliphatic heterocycles. The second-order valence-electron chi connectivity index (χ2n) is 4.48. The van der Waals surface area contributed by atoms with Gasteiger partial charge < -0.3 is 9.63 Å². The summed E-state index contributed by atoms with van der Waals surface area (Å²) >= 11 is 0. The Morgan fingerprint density at radius 1 is 0.900 bits per heavy atom. The molecule has 2 aromatic heterocycles. The molecule has 3 rings (SSSR count). The van der Waals surface area contributed by atoms with Crippen molar-refractivity contribution < 1.29 is 9.63 Å². The molecule has 3 aromatic rings. The van der Waals surface area contributed by atoms with E-state index in [0.717, 1.165) is 11.1 Å². The van der Waals surface area contributed by atoms with E-state index in [1.165, 1.54) is 0 Å². The zero-order valence-corrected chi connectivity index (χ0v) is 10.7. The maximum Gasteiger partial charge on any atom is 0.231 e. The Kier molecular flexibility index (Phi) is 3.41. The van der Waals surface area contributed by atoms with Gasteiger partial charge in [-0.1, -0.05) is 17.3 Å². The van der Waals surface area contributed by atoms with E-state index in [9.17, 15) is 5.11 Å². The van der Waals surface area contributed by atoms with E-state index >= 15 is 0 Å². The lowest BCUT2D eigenvalue weighted by atomic mass is 10.1. The number of nitrogens with zero attached hydrogens (tertiary/aromatic N) is 3. The van der Waals surface area contributed by atoms with Crippen molar-refractivity contribution >= 4 is 0 Å². The number of aromatic hydroxyl groups is 1. The third kappa shape index (κ3) is 3.00. The molecule has 0 bridgehead atoms. The predicted molar refractivity (Wildman–Crippen MR) is 72.3 cm³/mol. The molecule has 5 heteroatoms. The fourth-order valence-electron chi connectivity index (χ4n) is 1.91. The molecule has 0 spiro atoms. The molecule has 0 aliphatic rings. The van der Waals surface area contributed by atoms with Crippen LogP contribution < -0.4 is 0 Å². The predicted octanol–water partition coefficient (Wildman–Crippen LogP) is 2.35. The van der Waals surface area contributed by atoms with Crippen LogP contribution in [0, 0.1) is 0 Å². The highest BCUT2D eigenvalue weighted by molar-refractivity contribution is 5.27. The van der Waals surface area contributed by atoms with Crippen molar-refractivity contribution in [2.45, 2.75) is 12.8 Å². The first-order valence-corrected chi connectivity index (χ1v) is 6.28. The highest BCUT2D eigenvalue weighted by Gasteiger charge is 2.08. The number of aromatic nitrogens is 3. The summed E-state index contributed by atoms with van der Waals surface area (Å²) in [5, 5.41) is 13.2. The van der Waals surface area contributed by atoms with E-state index in [2.05, 4.69) is 15.1 Å². The maximum absolute atomic E-state index is 9.23. The second-order valence-corrected chi connectivity index (χ2v) is 4.48. The van der Waals surface area contributed by atoms with Gasteiger partial charge in [-0.2, -0.15) is 4.98 Å². The van der Waals surface area contributed by atoms with Crippen LogP contribution >= 0.6 is 0 Å². The van der Waals surface area contributed by atoms with E-state index in [4.69, 9.17) is 4.52 Å². The first-order chi connectivity index (χ1) is 9.79. The van der Waals surface area contributed by atoms with Gasteiger partial charge in [0.2, 0.25) is 5.89 Å². The smallest absolute Gasteiger partial charge is 0.231 e. The first kappa shape index (κ1) is 12.3. The SMILES string of the molecule is Oc1ccc(Cc2nc(Cc3ccncc3)no2)cc1. The summed E-state index contributed by atoms with van der Waals surface area (Å²) in [6.07, 6.45) is 4.67. The zero-order valence-electron chi connectivity index (χ0n) is 10.7. The standard InChI is InChI=1S/C15H13N3O2/c19-13-3-1-11(2-4-13)10-15-17-14(18-20-15)9-12-5-7-16-8-6-12/h1-8,19H,9-10H2.